The molecule has 0 radical (unpaired) electrons. The first-order valence-electron chi connectivity index (χ1n) is 3.75. The molecule has 0 aromatic heterocycles. The van der Waals surface area contributed by atoms with Gasteiger partial charge in [-0.15, -0.1) is 0 Å². The van der Waals surface area contributed by atoms with Crippen LogP contribution in [0.4, 0.5) is 0 Å². The van der Waals surface area contributed by atoms with E-state index < -0.39 is 0 Å². The molecule has 0 heterocycles. The van der Waals surface area contributed by atoms with E-state index in [1.807, 2.05) is 0 Å². The van der Waals surface area contributed by atoms with E-state index in [1.165, 1.54) is 13.8 Å². The molecule has 0 aromatic carbocycles. The van der Waals surface area contributed by atoms with Crippen molar-refractivity contribution < 1.29 is 9.59 Å². The third-order valence-electron chi connectivity index (χ3n) is 1.34. The Kier molecular flexibility index (Phi) is 6.55. The van der Waals surface area contributed by atoms with Crippen LogP contribution in [-0.2, 0) is 9.59 Å². The smallest absolute Gasteiger partial charge is 0.185 e. The molecule has 0 fully saturated rings. The van der Waals surface area contributed by atoms with Gasteiger partial charge in [0.2, 0.25) is 0 Å². The molecule has 0 saturated carbocycles. The van der Waals surface area contributed by atoms with Crippen LogP contribution in [0.25, 0.3) is 0 Å². The first-order chi connectivity index (χ1) is 5.93. The molecule has 1 atom stereocenters. The zero-order valence-corrected chi connectivity index (χ0v) is 9.89. The molecular formula is C8H11ClO2S2. The van der Waals surface area contributed by atoms with E-state index in [4.69, 9.17) is 23.8 Å². The summed E-state index contributed by atoms with van der Waals surface area (Å²) in [6.07, 6.45) is 0.322. The molecule has 0 rings (SSSR count). The maximum Gasteiger partial charge on any atom is 0.185 e. The summed E-state index contributed by atoms with van der Waals surface area (Å²) in [6, 6.07) is 0. The lowest BCUT2D eigenvalue weighted by molar-refractivity contribution is -0.117. The highest BCUT2D eigenvalue weighted by Gasteiger charge is 2.15. The van der Waals surface area contributed by atoms with Crippen LogP contribution in [0.5, 0.6) is 0 Å². The van der Waals surface area contributed by atoms with Crippen LogP contribution in [-0.4, -0.2) is 21.0 Å². The van der Waals surface area contributed by atoms with Gasteiger partial charge in [-0.25, -0.2) is 0 Å². The van der Waals surface area contributed by atoms with E-state index in [2.05, 4.69) is 0 Å². The van der Waals surface area contributed by atoms with Gasteiger partial charge < -0.3 is 4.79 Å². The van der Waals surface area contributed by atoms with Crippen molar-refractivity contribution in [3.05, 3.63) is 0 Å². The average Bonchev–Trinajstić information content (AvgIpc) is 1.96. The minimum Gasteiger partial charge on any atom is -0.300 e. The average molecular weight is 239 g/mol. The summed E-state index contributed by atoms with van der Waals surface area (Å²) < 4.78 is 0.281. The SMILES string of the molecule is CC(=O)CC(CSC(C)=O)C(=S)Cl. The van der Waals surface area contributed by atoms with Crippen molar-refractivity contribution in [1.82, 2.24) is 0 Å². The third-order valence-corrected chi connectivity index (χ3v) is 2.96. The van der Waals surface area contributed by atoms with Gasteiger partial charge in [0.25, 0.3) is 0 Å². The lowest BCUT2D eigenvalue weighted by atomic mass is 10.1. The van der Waals surface area contributed by atoms with Crippen LogP contribution < -0.4 is 0 Å². The van der Waals surface area contributed by atoms with Crippen molar-refractivity contribution in [2.45, 2.75) is 20.3 Å². The molecule has 0 amide bonds. The molecule has 74 valence electrons. The molecule has 0 spiro atoms. The Morgan fingerprint density at radius 1 is 1.46 bits per heavy atom. The fraction of sp³-hybridized carbons (Fsp3) is 0.625. The Balaban J connectivity index is 4.02. The summed E-state index contributed by atoms with van der Waals surface area (Å²) in [6.45, 7) is 2.97. The second-order valence-electron chi connectivity index (χ2n) is 2.71. The molecule has 0 bridgehead atoms. The molecule has 0 aliphatic carbocycles. The fourth-order valence-electron chi connectivity index (χ4n) is 0.770. The quantitative estimate of drug-likeness (QED) is 0.544. The van der Waals surface area contributed by atoms with Gasteiger partial charge in [-0.1, -0.05) is 35.6 Å². The Morgan fingerprint density at radius 3 is 2.31 bits per heavy atom. The largest absolute Gasteiger partial charge is 0.300 e. The Morgan fingerprint density at radius 2 is 2.00 bits per heavy atom. The molecule has 2 nitrogen and oxygen atoms in total. The number of carbonyl (C=O) groups excluding carboxylic acids is 2. The highest BCUT2D eigenvalue weighted by atomic mass is 35.5. The lowest BCUT2D eigenvalue weighted by Gasteiger charge is -2.10. The number of Topliss-reactive ketones (excluding diaryl/α,β-unsaturated/α-hetero) is 1. The molecule has 0 aromatic rings. The van der Waals surface area contributed by atoms with E-state index in [-0.39, 0.29) is 21.1 Å². The van der Waals surface area contributed by atoms with Crippen molar-refractivity contribution >= 4 is 50.8 Å². The highest BCUT2D eigenvalue weighted by molar-refractivity contribution is 8.13. The van der Waals surface area contributed by atoms with Gasteiger partial charge in [0.05, 0.1) is 4.32 Å². The molecule has 0 aliphatic rings. The van der Waals surface area contributed by atoms with Gasteiger partial charge in [-0.2, -0.15) is 0 Å². The Hall–Kier alpha value is 0.0700. The second-order valence-corrected chi connectivity index (χ2v) is 4.98. The molecule has 0 N–H and O–H groups in total. The number of hydrogen-bond acceptors (Lipinski definition) is 4. The monoisotopic (exact) mass is 238 g/mol. The third kappa shape index (κ3) is 7.16. The molecule has 0 saturated heterocycles. The fourth-order valence-corrected chi connectivity index (χ4v) is 2.01. The molecule has 5 heteroatoms. The van der Waals surface area contributed by atoms with Crippen LogP contribution in [0, 0.1) is 5.92 Å². The van der Waals surface area contributed by atoms with Gasteiger partial charge in [0.1, 0.15) is 5.78 Å². The van der Waals surface area contributed by atoms with Gasteiger partial charge in [0.15, 0.2) is 5.12 Å². The van der Waals surface area contributed by atoms with Crippen LogP contribution in [0.2, 0.25) is 0 Å². The zero-order valence-electron chi connectivity index (χ0n) is 7.50. The number of thioether (sulfide) groups is 1. The van der Waals surface area contributed by atoms with E-state index in [9.17, 15) is 9.59 Å². The number of rotatable bonds is 5. The van der Waals surface area contributed by atoms with Crippen molar-refractivity contribution in [1.29, 1.82) is 0 Å². The van der Waals surface area contributed by atoms with Crippen LogP contribution >= 0.6 is 35.6 Å². The maximum atomic E-state index is 10.8. The van der Waals surface area contributed by atoms with Crippen molar-refractivity contribution in [2.75, 3.05) is 5.75 Å². The molecule has 13 heavy (non-hydrogen) atoms. The van der Waals surface area contributed by atoms with Gasteiger partial charge in [0, 0.05) is 25.0 Å². The predicted molar refractivity (Wildman–Crippen MR) is 60.4 cm³/mol. The minimum atomic E-state index is -0.164. The number of thiocarbonyl (C=S) groups is 1. The maximum absolute atomic E-state index is 10.8. The van der Waals surface area contributed by atoms with Gasteiger partial charge >= 0.3 is 0 Å². The summed E-state index contributed by atoms with van der Waals surface area (Å²) in [5.74, 6) is 0.372. The number of hydrogen-bond donors (Lipinski definition) is 0. The predicted octanol–water partition coefficient (Wildman–Crippen LogP) is 2.43. The summed E-state index contributed by atoms with van der Waals surface area (Å²) >= 11 is 11.5. The van der Waals surface area contributed by atoms with Crippen molar-refractivity contribution in [2.24, 2.45) is 5.92 Å². The van der Waals surface area contributed by atoms with E-state index in [0.29, 0.717) is 12.2 Å². The van der Waals surface area contributed by atoms with E-state index in [0.717, 1.165) is 11.8 Å². The first-order valence-corrected chi connectivity index (χ1v) is 5.52. The lowest BCUT2D eigenvalue weighted by Crippen LogP contribution is -2.14. The number of carbonyl (C=O) groups is 2. The molecule has 0 aliphatic heterocycles. The summed E-state index contributed by atoms with van der Waals surface area (Å²) in [4.78, 5) is 21.4. The summed E-state index contributed by atoms with van der Waals surface area (Å²) in [5.41, 5.74) is 0. The first kappa shape index (κ1) is 13.1. The van der Waals surface area contributed by atoms with Crippen molar-refractivity contribution in [3.8, 4) is 0 Å². The van der Waals surface area contributed by atoms with E-state index >= 15 is 0 Å². The van der Waals surface area contributed by atoms with Crippen molar-refractivity contribution in [3.63, 3.8) is 0 Å². The normalized spacial score (nSPS) is 12.2. The minimum absolute atomic E-state index is 0.0152. The standard InChI is InChI=1S/C8H11ClO2S2/c1-5(10)3-7(8(9)12)4-13-6(2)11/h7H,3-4H2,1-2H3. The van der Waals surface area contributed by atoms with Gasteiger partial charge in [-0.3, -0.25) is 4.79 Å². The summed E-state index contributed by atoms with van der Waals surface area (Å²) in [5, 5.41) is 0.0152. The second kappa shape index (κ2) is 6.51. The Bertz CT molecular complexity index is 228. The van der Waals surface area contributed by atoms with E-state index in [1.54, 1.807) is 0 Å². The highest BCUT2D eigenvalue weighted by Crippen LogP contribution is 2.17. The van der Waals surface area contributed by atoms with Crippen LogP contribution in [0.1, 0.15) is 20.3 Å². The van der Waals surface area contributed by atoms with Gasteiger partial charge in [-0.05, 0) is 6.92 Å². The number of halogens is 1. The number of ketones is 1. The topological polar surface area (TPSA) is 34.1 Å². The molecular weight excluding hydrogens is 228 g/mol. The Labute approximate surface area is 92.4 Å². The zero-order chi connectivity index (χ0) is 10.4. The molecule has 1 unspecified atom stereocenters. The summed E-state index contributed by atoms with van der Waals surface area (Å²) in [7, 11) is 0. The van der Waals surface area contributed by atoms with Crippen LogP contribution in [0.15, 0.2) is 0 Å². The van der Waals surface area contributed by atoms with Crippen LogP contribution in [0.3, 0.4) is 0 Å².